The summed E-state index contributed by atoms with van der Waals surface area (Å²) in [5, 5.41) is 0. The number of allylic oxidation sites excluding steroid dienone is 1. The van der Waals surface area contributed by atoms with Crippen LogP contribution in [0.4, 0.5) is 0 Å². The highest BCUT2D eigenvalue weighted by Crippen LogP contribution is 2.34. The molecule has 3 aromatic rings. The zero-order valence-electron chi connectivity index (χ0n) is 14.2. The van der Waals surface area contributed by atoms with Gasteiger partial charge in [0.1, 0.15) is 5.70 Å². The summed E-state index contributed by atoms with van der Waals surface area (Å²) < 4.78 is 27.7. The van der Waals surface area contributed by atoms with Crippen molar-refractivity contribution in [1.29, 1.82) is 0 Å². The van der Waals surface area contributed by atoms with Gasteiger partial charge in [0.15, 0.2) is 0 Å². The molecular weight excluding hydrogens is 362 g/mol. The fourth-order valence-electron chi connectivity index (χ4n) is 2.96. The van der Waals surface area contributed by atoms with Crippen molar-refractivity contribution >= 4 is 21.9 Å². The second-order valence-electron chi connectivity index (χ2n) is 6.01. The normalized spacial score (nSPS) is 17.0. The largest absolute Gasteiger partial charge is 0.287 e. The zero-order chi connectivity index (χ0) is 18.9. The molecule has 7 heteroatoms. The van der Waals surface area contributed by atoms with Crippen molar-refractivity contribution in [2.45, 2.75) is 11.4 Å². The van der Waals surface area contributed by atoms with E-state index in [4.69, 9.17) is 0 Å². The van der Waals surface area contributed by atoms with Crippen LogP contribution in [0.2, 0.25) is 0 Å². The van der Waals surface area contributed by atoms with Crippen molar-refractivity contribution < 1.29 is 13.2 Å². The number of fused-ring (bicyclic) bond motifs is 1. The van der Waals surface area contributed by atoms with Crippen LogP contribution in [-0.4, -0.2) is 28.5 Å². The molecule has 1 aromatic carbocycles. The van der Waals surface area contributed by atoms with Crippen molar-refractivity contribution in [2.75, 3.05) is 0 Å². The fraction of sp³-hybridized carbons (Fsp3) is 0.0500. The molecule has 3 heterocycles. The van der Waals surface area contributed by atoms with E-state index in [1.165, 1.54) is 12.1 Å². The Balaban J connectivity index is 1.91. The minimum atomic E-state index is -3.88. The van der Waals surface area contributed by atoms with Gasteiger partial charge < -0.3 is 0 Å². The molecule has 0 saturated heterocycles. The Morgan fingerprint density at radius 2 is 1.70 bits per heavy atom. The van der Waals surface area contributed by atoms with Gasteiger partial charge in [-0.2, -0.15) is 0 Å². The predicted octanol–water partition coefficient (Wildman–Crippen LogP) is 2.90. The number of ketones is 1. The van der Waals surface area contributed by atoms with Gasteiger partial charge in [0.05, 0.1) is 11.4 Å². The molecule has 27 heavy (non-hydrogen) atoms. The van der Waals surface area contributed by atoms with Gasteiger partial charge in [-0.15, -0.1) is 0 Å². The topological polar surface area (TPSA) is 80.2 Å². The number of pyridine rings is 2. The SMILES string of the molecule is O=C1/C(=C\c2cccnc2)N(Cc2ccncc2)S(=O)(=O)c2ccccc21. The maximum absolute atomic E-state index is 13.3. The van der Waals surface area contributed by atoms with Crippen LogP contribution in [0.5, 0.6) is 0 Å². The van der Waals surface area contributed by atoms with E-state index >= 15 is 0 Å². The van der Waals surface area contributed by atoms with Gasteiger partial charge in [-0.25, -0.2) is 8.42 Å². The molecule has 134 valence electrons. The minimum absolute atomic E-state index is 0.0207. The summed E-state index contributed by atoms with van der Waals surface area (Å²) >= 11 is 0. The summed E-state index contributed by atoms with van der Waals surface area (Å²) in [5.74, 6) is -0.335. The second kappa shape index (κ2) is 6.77. The third-order valence-corrected chi connectivity index (χ3v) is 6.08. The lowest BCUT2D eigenvalue weighted by Gasteiger charge is -2.31. The monoisotopic (exact) mass is 377 g/mol. The molecule has 1 aliphatic heterocycles. The first-order valence-corrected chi connectivity index (χ1v) is 9.68. The van der Waals surface area contributed by atoms with Gasteiger partial charge in [0, 0.05) is 30.4 Å². The van der Waals surface area contributed by atoms with Crippen LogP contribution in [0.15, 0.2) is 83.9 Å². The van der Waals surface area contributed by atoms with Crippen molar-refractivity contribution in [3.05, 3.63) is 95.7 Å². The first-order chi connectivity index (χ1) is 13.1. The van der Waals surface area contributed by atoms with E-state index in [1.807, 2.05) is 0 Å². The molecule has 6 nitrogen and oxygen atoms in total. The molecule has 0 radical (unpaired) electrons. The van der Waals surface area contributed by atoms with E-state index < -0.39 is 10.0 Å². The number of aromatic nitrogens is 2. The number of benzene rings is 1. The van der Waals surface area contributed by atoms with Crippen LogP contribution < -0.4 is 0 Å². The number of Topliss-reactive ketones (excluding diaryl/α,β-unsaturated/α-hetero) is 1. The van der Waals surface area contributed by atoms with E-state index in [9.17, 15) is 13.2 Å². The first-order valence-electron chi connectivity index (χ1n) is 8.24. The van der Waals surface area contributed by atoms with Crippen LogP contribution in [0, 0.1) is 0 Å². The molecule has 0 N–H and O–H groups in total. The summed E-state index contributed by atoms with van der Waals surface area (Å²) in [6.45, 7) is 0.0387. The molecule has 0 spiro atoms. The Morgan fingerprint density at radius 1 is 0.926 bits per heavy atom. The lowest BCUT2D eigenvalue weighted by atomic mass is 10.1. The molecule has 4 rings (SSSR count). The molecule has 0 bridgehead atoms. The first kappa shape index (κ1) is 17.1. The van der Waals surface area contributed by atoms with Crippen LogP contribution >= 0.6 is 0 Å². The lowest BCUT2D eigenvalue weighted by molar-refractivity contribution is 0.100. The van der Waals surface area contributed by atoms with Gasteiger partial charge >= 0.3 is 0 Å². The summed E-state index contributed by atoms with van der Waals surface area (Å²) in [6, 6.07) is 13.2. The third-order valence-electron chi connectivity index (χ3n) is 4.26. The molecule has 2 aromatic heterocycles. The van der Waals surface area contributed by atoms with Crippen LogP contribution in [-0.2, 0) is 16.6 Å². The molecule has 0 saturated carbocycles. The maximum Gasteiger partial charge on any atom is 0.265 e. The lowest BCUT2D eigenvalue weighted by Crippen LogP contribution is -2.38. The molecule has 0 aliphatic carbocycles. The van der Waals surface area contributed by atoms with E-state index in [-0.39, 0.29) is 28.5 Å². The highest BCUT2D eigenvalue weighted by molar-refractivity contribution is 7.89. The van der Waals surface area contributed by atoms with Crippen molar-refractivity contribution in [1.82, 2.24) is 14.3 Å². The summed E-state index contributed by atoms with van der Waals surface area (Å²) in [6.07, 6.45) is 7.94. The standard InChI is InChI=1S/C20H15N3O3S/c24-20-17-5-1-2-6-19(17)27(25,26)23(14-15-7-10-21-11-8-15)18(20)12-16-4-3-9-22-13-16/h1-13H,14H2/b18-12+. The van der Waals surface area contributed by atoms with Crippen molar-refractivity contribution in [2.24, 2.45) is 0 Å². The smallest absolute Gasteiger partial charge is 0.265 e. The van der Waals surface area contributed by atoms with E-state index in [2.05, 4.69) is 9.97 Å². The van der Waals surface area contributed by atoms with Gasteiger partial charge in [0.2, 0.25) is 5.78 Å². The Morgan fingerprint density at radius 3 is 2.44 bits per heavy atom. The number of hydrogen-bond acceptors (Lipinski definition) is 5. The maximum atomic E-state index is 13.3. The molecule has 0 unspecified atom stereocenters. The number of nitrogens with zero attached hydrogens (tertiary/aromatic N) is 3. The van der Waals surface area contributed by atoms with Crippen molar-refractivity contribution in [3.8, 4) is 0 Å². The zero-order valence-corrected chi connectivity index (χ0v) is 15.0. The van der Waals surface area contributed by atoms with Crippen LogP contribution in [0.3, 0.4) is 0 Å². The van der Waals surface area contributed by atoms with Gasteiger partial charge in [0.25, 0.3) is 10.0 Å². The highest BCUT2D eigenvalue weighted by Gasteiger charge is 2.39. The van der Waals surface area contributed by atoms with E-state index in [0.717, 1.165) is 9.87 Å². The second-order valence-corrected chi connectivity index (χ2v) is 7.84. The number of carbonyl (C=O) groups is 1. The van der Waals surface area contributed by atoms with E-state index in [0.29, 0.717) is 5.56 Å². The quantitative estimate of drug-likeness (QED) is 0.656. The number of rotatable bonds is 3. The molecule has 0 fully saturated rings. The van der Waals surface area contributed by atoms with Crippen LogP contribution in [0.25, 0.3) is 6.08 Å². The predicted molar refractivity (Wildman–Crippen MR) is 100.0 cm³/mol. The van der Waals surface area contributed by atoms with Crippen LogP contribution in [0.1, 0.15) is 21.5 Å². The number of carbonyl (C=O) groups excluding carboxylic acids is 1. The average molecular weight is 377 g/mol. The van der Waals surface area contributed by atoms with Crippen molar-refractivity contribution in [3.63, 3.8) is 0 Å². The Hall–Kier alpha value is -3.32. The minimum Gasteiger partial charge on any atom is -0.287 e. The molecular formula is C20H15N3O3S. The summed E-state index contributed by atoms with van der Waals surface area (Å²) in [7, 11) is -3.88. The molecule has 1 aliphatic rings. The van der Waals surface area contributed by atoms with Gasteiger partial charge in [-0.1, -0.05) is 18.2 Å². The Kier molecular flexibility index (Phi) is 4.29. The Labute approximate surface area is 156 Å². The summed E-state index contributed by atoms with van der Waals surface area (Å²) in [5.41, 5.74) is 1.66. The highest BCUT2D eigenvalue weighted by atomic mass is 32.2. The Bertz CT molecular complexity index is 1130. The van der Waals surface area contributed by atoms with Gasteiger partial charge in [-0.3, -0.25) is 19.1 Å². The summed E-state index contributed by atoms with van der Waals surface area (Å²) in [4.78, 5) is 21.1. The number of hydrogen-bond donors (Lipinski definition) is 0. The average Bonchev–Trinajstić information content (AvgIpc) is 2.71. The fourth-order valence-corrected chi connectivity index (χ4v) is 4.60. The van der Waals surface area contributed by atoms with E-state index in [1.54, 1.807) is 67.3 Å². The molecule has 0 amide bonds. The molecule has 0 atom stereocenters. The number of sulfonamides is 1. The van der Waals surface area contributed by atoms with Gasteiger partial charge in [-0.05, 0) is 47.5 Å². The third kappa shape index (κ3) is 3.13.